The maximum atomic E-state index is 14.0. The SMILES string of the molecule is CC[C@H](C)[C@H](NC(=O)[C@@H](CC(C)C)[C@H](O)[C@H](O)[C@H](CC(C)C)NC(=O)[C@H](Cc1cnc[nH]1)NC(=O)COc1cccc2ccccc12)C(=O)NCc1ccccn1. The summed E-state index contributed by atoms with van der Waals surface area (Å²) < 4.78 is 5.88. The molecule has 0 spiro atoms. The third-order valence-electron chi connectivity index (χ3n) is 9.99. The maximum Gasteiger partial charge on any atom is 0.258 e. The van der Waals surface area contributed by atoms with Crippen molar-refractivity contribution in [2.45, 2.75) is 104 Å². The van der Waals surface area contributed by atoms with Gasteiger partial charge in [-0.05, 0) is 54.2 Å². The van der Waals surface area contributed by atoms with E-state index in [0.29, 0.717) is 23.6 Å². The van der Waals surface area contributed by atoms with E-state index in [1.54, 1.807) is 30.6 Å². The number of aromatic nitrogens is 3. The van der Waals surface area contributed by atoms with E-state index in [-0.39, 0.29) is 56.1 Å². The van der Waals surface area contributed by atoms with Crippen LogP contribution >= 0.6 is 0 Å². The summed E-state index contributed by atoms with van der Waals surface area (Å²) in [5.74, 6) is -3.07. The van der Waals surface area contributed by atoms with Crippen LogP contribution in [0.4, 0.5) is 0 Å². The van der Waals surface area contributed by atoms with E-state index < -0.39 is 54.0 Å². The summed E-state index contributed by atoms with van der Waals surface area (Å²) in [4.78, 5) is 66.0. The molecule has 14 nitrogen and oxygen atoms in total. The number of amides is 4. The Morgan fingerprint density at radius 2 is 1.53 bits per heavy atom. The number of imidazole rings is 1. The molecule has 0 bridgehead atoms. The van der Waals surface area contributed by atoms with Gasteiger partial charge in [0, 0.05) is 29.9 Å². The first-order valence-corrected chi connectivity index (χ1v) is 19.8. The van der Waals surface area contributed by atoms with Crippen LogP contribution in [0.15, 0.2) is 79.4 Å². The quantitative estimate of drug-likeness (QED) is 0.0617. The first-order chi connectivity index (χ1) is 27.3. The summed E-state index contributed by atoms with van der Waals surface area (Å²) in [6.07, 6.45) is 2.55. The van der Waals surface area contributed by atoms with Crippen molar-refractivity contribution in [2.24, 2.45) is 23.7 Å². The number of carbonyl (C=O) groups is 4. The first-order valence-electron chi connectivity index (χ1n) is 19.8. The van der Waals surface area contributed by atoms with Gasteiger partial charge in [-0.15, -0.1) is 0 Å². The molecule has 4 amide bonds. The number of hydrogen-bond donors (Lipinski definition) is 7. The minimum absolute atomic E-state index is 0.0400. The second kappa shape index (κ2) is 21.8. The molecule has 2 aromatic carbocycles. The number of fused-ring (bicyclic) bond motifs is 1. The summed E-state index contributed by atoms with van der Waals surface area (Å²) >= 11 is 0. The zero-order chi connectivity index (χ0) is 41.5. The van der Waals surface area contributed by atoms with Crippen LogP contribution in [-0.2, 0) is 32.1 Å². The number of aliphatic hydroxyl groups is 2. The molecule has 0 aliphatic rings. The molecule has 4 aromatic rings. The lowest BCUT2D eigenvalue weighted by Crippen LogP contribution is -2.59. The van der Waals surface area contributed by atoms with Crippen LogP contribution in [-0.4, -0.2) is 85.7 Å². The van der Waals surface area contributed by atoms with Crippen molar-refractivity contribution in [3.63, 3.8) is 0 Å². The minimum atomic E-state index is -1.61. The average Bonchev–Trinajstić information content (AvgIpc) is 3.72. The molecular weight excluding hydrogens is 727 g/mol. The number of ether oxygens (including phenoxy) is 1. The molecule has 0 aliphatic heterocycles. The maximum absolute atomic E-state index is 14.0. The molecule has 57 heavy (non-hydrogen) atoms. The van der Waals surface area contributed by atoms with Crippen LogP contribution < -0.4 is 26.0 Å². The number of rotatable bonds is 22. The minimum Gasteiger partial charge on any atom is -0.483 e. The van der Waals surface area contributed by atoms with Crippen LogP contribution in [0.3, 0.4) is 0 Å². The summed E-state index contributed by atoms with van der Waals surface area (Å²) in [6.45, 7) is 11.2. The van der Waals surface area contributed by atoms with Crippen LogP contribution in [0, 0.1) is 23.7 Å². The van der Waals surface area contributed by atoms with Gasteiger partial charge in [0.1, 0.15) is 23.9 Å². The number of nitrogens with one attached hydrogen (secondary N) is 5. The number of H-pyrrole nitrogens is 1. The molecular formula is C43H59N7O7. The zero-order valence-corrected chi connectivity index (χ0v) is 33.8. The molecule has 0 radical (unpaired) electrons. The summed E-state index contributed by atoms with van der Waals surface area (Å²) in [7, 11) is 0. The van der Waals surface area contributed by atoms with E-state index in [2.05, 4.69) is 36.2 Å². The molecule has 0 saturated heterocycles. The Morgan fingerprint density at radius 3 is 2.19 bits per heavy atom. The second-order valence-corrected chi connectivity index (χ2v) is 15.5. The van der Waals surface area contributed by atoms with Crippen LogP contribution in [0.2, 0.25) is 0 Å². The standard InChI is InChI=1S/C43H59N7O7/c1-7-28(6)38(43(56)46-23-30-15-10-11-18-45-30)50-41(54)33(19-26(2)3)39(52)40(53)34(20-27(4)5)49-42(55)35(21-31-22-44-25-47-31)48-37(51)24-57-36-17-12-14-29-13-8-9-16-32(29)36/h8-18,22,25-28,33-35,38-40,52-53H,7,19-21,23-24H2,1-6H3,(H,44,47)(H,46,56)(H,48,51)(H,49,55)(H,50,54)/t28-,33-,34-,35-,38-,39-,40+/m0/s1. The number of carbonyl (C=O) groups excluding carboxylic acids is 4. The van der Waals surface area contributed by atoms with Gasteiger partial charge in [-0.3, -0.25) is 24.2 Å². The van der Waals surface area contributed by atoms with Crippen molar-refractivity contribution in [1.29, 1.82) is 0 Å². The van der Waals surface area contributed by atoms with Crippen molar-refractivity contribution in [3.05, 3.63) is 90.8 Å². The van der Waals surface area contributed by atoms with Gasteiger partial charge in [0.25, 0.3) is 5.91 Å². The van der Waals surface area contributed by atoms with Crippen LogP contribution in [0.5, 0.6) is 5.75 Å². The molecule has 0 fully saturated rings. The third kappa shape index (κ3) is 13.4. The highest BCUT2D eigenvalue weighted by Gasteiger charge is 2.40. The van der Waals surface area contributed by atoms with Crippen LogP contribution in [0.25, 0.3) is 10.8 Å². The fraction of sp³-hybridized carbons (Fsp3) is 0.488. The van der Waals surface area contributed by atoms with E-state index in [1.165, 1.54) is 6.33 Å². The largest absolute Gasteiger partial charge is 0.483 e. The van der Waals surface area contributed by atoms with Gasteiger partial charge in [-0.2, -0.15) is 0 Å². The number of hydrogen-bond acceptors (Lipinski definition) is 9. The molecule has 2 aromatic heterocycles. The molecule has 308 valence electrons. The summed E-state index contributed by atoms with van der Waals surface area (Å²) in [5.41, 5.74) is 1.25. The topological polar surface area (TPSA) is 208 Å². The Kier molecular flexibility index (Phi) is 17.0. The molecule has 4 rings (SSSR count). The molecule has 0 aliphatic carbocycles. The monoisotopic (exact) mass is 785 g/mol. The van der Waals surface area contributed by atoms with E-state index in [9.17, 15) is 29.4 Å². The first kappa shape index (κ1) is 44.4. The molecule has 0 unspecified atom stereocenters. The number of benzene rings is 2. The smallest absolute Gasteiger partial charge is 0.258 e. The fourth-order valence-electron chi connectivity index (χ4n) is 6.74. The van der Waals surface area contributed by atoms with Gasteiger partial charge >= 0.3 is 0 Å². The van der Waals surface area contributed by atoms with Gasteiger partial charge in [-0.25, -0.2) is 4.98 Å². The number of nitrogens with zero attached hydrogens (tertiary/aromatic N) is 2. The molecule has 7 N–H and O–H groups in total. The Hall–Kier alpha value is -5.34. The lowest BCUT2D eigenvalue weighted by Gasteiger charge is -2.35. The highest BCUT2D eigenvalue weighted by molar-refractivity contribution is 5.91. The van der Waals surface area contributed by atoms with Crippen LogP contribution in [0.1, 0.15) is 72.2 Å². The number of aromatic amines is 1. The predicted octanol–water partition coefficient (Wildman–Crippen LogP) is 3.83. The lowest BCUT2D eigenvalue weighted by atomic mass is 9.84. The highest BCUT2D eigenvalue weighted by atomic mass is 16.5. The fourth-order valence-corrected chi connectivity index (χ4v) is 6.74. The Labute approximate surface area is 335 Å². The second-order valence-electron chi connectivity index (χ2n) is 15.5. The van der Waals surface area contributed by atoms with Crippen molar-refractivity contribution >= 4 is 34.4 Å². The molecule has 14 heteroatoms. The van der Waals surface area contributed by atoms with E-state index in [1.807, 2.05) is 84.0 Å². The lowest BCUT2D eigenvalue weighted by molar-refractivity contribution is -0.139. The molecule has 2 heterocycles. The summed E-state index contributed by atoms with van der Waals surface area (Å²) in [6, 6.07) is 15.5. The average molecular weight is 786 g/mol. The van der Waals surface area contributed by atoms with Gasteiger partial charge < -0.3 is 41.2 Å². The van der Waals surface area contributed by atoms with E-state index in [0.717, 1.165) is 10.8 Å². The van der Waals surface area contributed by atoms with Gasteiger partial charge in [0.05, 0.1) is 36.6 Å². The Balaban J connectivity index is 1.49. The van der Waals surface area contributed by atoms with E-state index in [4.69, 9.17) is 4.74 Å². The molecule has 7 atom stereocenters. The van der Waals surface area contributed by atoms with E-state index >= 15 is 0 Å². The van der Waals surface area contributed by atoms with Crippen molar-refractivity contribution in [2.75, 3.05) is 6.61 Å². The Bertz CT molecular complexity index is 1870. The Morgan fingerprint density at radius 1 is 0.807 bits per heavy atom. The van der Waals surface area contributed by atoms with Gasteiger partial charge in [0.2, 0.25) is 17.7 Å². The summed E-state index contributed by atoms with van der Waals surface area (Å²) in [5, 5.41) is 36.7. The van der Waals surface area contributed by atoms with Gasteiger partial charge in [-0.1, -0.05) is 90.4 Å². The predicted molar refractivity (Wildman–Crippen MR) is 217 cm³/mol. The highest BCUT2D eigenvalue weighted by Crippen LogP contribution is 2.26. The van der Waals surface area contributed by atoms with Crippen molar-refractivity contribution in [3.8, 4) is 5.75 Å². The number of pyridine rings is 1. The zero-order valence-electron chi connectivity index (χ0n) is 33.8. The number of aliphatic hydroxyl groups excluding tert-OH is 2. The molecule has 0 saturated carbocycles. The third-order valence-corrected chi connectivity index (χ3v) is 9.99. The van der Waals surface area contributed by atoms with Crippen molar-refractivity contribution < 1.29 is 34.1 Å². The van der Waals surface area contributed by atoms with Crippen molar-refractivity contribution in [1.82, 2.24) is 36.2 Å². The van der Waals surface area contributed by atoms with Gasteiger partial charge in [0.15, 0.2) is 6.61 Å². The normalized spacial score (nSPS) is 15.2.